The van der Waals surface area contributed by atoms with E-state index in [1.54, 1.807) is 11.6 Å². The van der Waals surface area contributed by atoms with Crippen LogP contribution in [0.2, 0.25) is 5.02 Å². The topological polar surface area (TPSA) is 116 Å². The van der Waals surface area contributed by atoms with Crippen molar-refractivity contribution in [1.82, 2.24) is 28.7 Å². The van der Waals surface area contributed by atoms with Crippen molar-refractivity contribution < 1.29 is 26.7 Å². The fraction of sp³-hybridized carbons (Fsp3) is 0.323. The normalized spacial score (nSPS) is 21.7. The molecule has 47 heavy (non-hydrogen) atoms. The number of hydrogen-bond acceptors (Lipinski definition) is 8. The predicted molar refractivity (Wildman–Crippen MR) is 172 cm³/mol. The van der Waals surface area contributed by atoms with Crippen LogP contribution in [0.3, 0.4) is 0 Å². The molecule has 2 aromatic carbocycles. The van der Waals surface area contributed by atoms with Gasteiger partial charge in [0.1, 0.15) is 11.9 Å². The van der Waals surface area contributed by atoms with Gasteiger partial charge in [-0.05, 0) is 36.6 Å². The van der Waals surface area contributed by atoms with Gasteiger partial charge in [-0.15, -0.1) is 11.3 Å². The molecular weight excluding hydrogens is 675 g/mol. The number of nitrogens with one attached hydrogen (secondary N) is 1. The molecule has 7 rings (SSSR count). The van der Waals surface area contributed by atoms with Gasteiger partial charge >= 0.3 is 6.55 Å². The second-order valence-electron chi connectivity index (χ2n) is 11.6. The van der Waals surface area contributed by atoms with Crippen LogP contribution < -0.4 is 4.72 Å². The van der Waals surface area contributed by atoms with E-state index in [1.165, 1.54) is 33.8 Å². The van der Waals surface area contributed by atoms with E-state index in [-0.39, 0.29) is 49.6 Å². The monoisotopic (exact) mass is 703 g/mol. The first-order valence-electron chi connectivity index (χ1n) is 14.8. The van der Waals surface area contributed by atoms with Crippen molar-refractivity contribution in [2.75, 3.05) is 19.6 Å². The number of fused-ring (bicyclic) bond motifs is 1. The number of thiazole rings is 1. The first-order valence-corrected chi connectivity index (χ1v) is 17.5. The lowest BCUT2D eigenvalue weighted by Gasteiger charge is -2.38. The maximum Gasteiger partial charge on any atom is 0.333 e. The molecule has 0 saturated carbocycles. The van der Waals surface area contributed by atoms with Gasteiger partial charge < -0.3 is 10.0 Å². The molecule has 0 spiro atoms. The molecule has 3 aliphatic rings. The Morgan fingerprint density at radius 1 is 1.11 bits per heavy atom. The standard InChI is InChI=1S/C31H29ClF3N7O3S2/c32-23-16-20(33)6-7-22(23)27-26(24-8-12-42(38-24)30(34)35)25-17-21(18-41(25)28(37-27)29-36-11-15-46-29)39-47(44,45)40-13-9-31(43,10-14-40)19-4-2-1-3-5-19/h1-8,11-12,15-16,21,27,30,39,43H,9-10,13-14,17-18H2/t21-,27-/m0/s1. The third kappa shape index (κ3) is 6.11. The highest BCUT2D eigenvalue weighted by molar-refractivity contribution is 7.87. The lowest BCUT2D eigenvalue weighted by Crippen LogP contribution is -2.51. The summed E-state index contributed by atoms with van der Waals surface area (Å²) in [5.41, 5.74) is 1.32. The van der Waals surface area contributed by atoms with Crippen LogP contribution in [0.4, 0.5) is 13.2 Å². The number of rotatable bonds is 8. The predicted octanol–water partition coefficient (Wildman–Crippen LogP) is 5.33. The van der Waals surface area contributed by atoms with Crippen LogP contribution in [0, 0.1) is 5.82 Å². The van der Waals surface area contributed by atoms with Gasteiger partial charge in [0.15, 0.2) is 10.8 Å². The fourth-order valence-electron chi connectivity index (χ4n) is 6.45. The van der Waals surface area contributed by atoms with Crippen molar-refractivity contribution in [3.63, 3.8) is 0 Å². The van der Waals surface area contributed by atoms with Gasteiger partial charge in [-0.2, -0.15) is 31.3 Å². The Morgan fingerprint density at radius 2 is 1.87 bits per heavy atom. The summed E-state index contributed by atoms with van der Waals surface area (Å²) in [5.74, 6) is -0.100. The van der Waals surface area contributed by atoms with Crippen molar-refractivity contribution in [3.05, 3.63) is 111 Å². The first-order chi connectivity index (χ1) is 22.5. The van der Waals surface area contributed by atoms with Gasteiger partial charge in [0.2, 0.25) is 0 Å². The van der Waals surface area contributed by atoms with E-state index in [9.17, 15) is 26.7 Å². The van der Waals surface area contributed by atoms with Crippen LogP contribution in [0.1, 0.15) is 53.7 Å². The van der Waals surface area contributed by atoms with Crippen LogP contribution in [0.15, 0.2) is 83.1 Å². The van der Waals surface area contributed by atoms with Crippen LogP contribution in [-0.4, -0.2) is 69.0 Å². The largest absolute Gasteiger partial charge is 0.385 e. The minimum atomic E-state index is -3.99. The summed E-state index contributed by atoms with van der Waals surface area (Å²) in [6, 6.07) is 13.0. The first kappa shape index (κ1) is 32.0. The number of benzene rings is 2. The summed E-state index contributed by atoms with van der Waals surface area (Å²) < 4.78 is 73.5. The Labute approximate surface area is 278 Å². The number of hydrogen-bond donors (Lipinski definition) is 2. The lowest BCUT2D eigenvalue weighted by molar-refractivity contribution is -0.00984. The number of halogens is 4. The van der Waals surface area contributed by atoms with Crippen LogP contribution in [-0.2, 0) is 15.8 Å². The highest BCUT2D eigenvalue weighted by Gasteiger charge is 2.44. The molecule has 2 fully saturated rings. The summed E-state index contributed by atoms with van der Waals surface area (Å²) in [5, 5.41) is 17.8. The number of aliphatic hydroxyl groups is 1. The summed E-state index contributed by atoms with van der Waals surface area (Å²) in [6.45, 7) is -2.47. The lowest BCUT2D eigenvalue weighted by atomic mass is 9.85. The number of aromatic nitrogens is 3. The van der Waals surface area contributed by atoms with Crippen molar-refractivity contribution in [2.45, 2.75) is 43.5 Å². The Balaban J connectivity index is 1.23. The van der Waals surface area contributed by atoms with E-state index < -0.39 is 40.3 Å². The maximum absolute atomic E-state index is 14.1. The van der Waals surface area contributed by atoms with Gasteiger partial charge in [-0.25, -0.2) is 14.1 Å². The van der Waals surface area contributed by atoms with E-state index in [4.69, 9.17) is 16.6 Å². The quantitative estimate of drug-likeness (QED) is 0.256. The zero-order valence-electron chi connectivity index (χ0n) is 24.7. The summed E-state index contributed by atoms with van der Waals surface area (Å²) in [7, 11) is -3.99. The Morgan fingerprint density at radius 3 is 2.53 bits per heavy atom. The SMILES string of the molecule is O=S(=O)(N[C@H]1CC2=C(c3ccn(C(F)F)n3)[C@H](c3ccc(F)cc3Cl)N=C(c3nccs3)N2C1)N1CCC(O)(c2ccccc2)CC1. The van der Waals surface area contributed by atoms with Crippen molar-refractivity contribution in [2.24, 2.45) is 4.99 Å². The zero-order valence-corrected chi connectivity index (χ0v) is 27.1. The molecule has 4 aromatic rings. The molecule has 5 heterocycles. The molecule has 0 aliphatic carbocycles. The molecule has 0 unspecified atom stereocenters. The van der Waals surface area contributed by atoms with Crippen LogP contribution in [0.25, 0.3) is 5.57 Å². The van der Waals surface area contributed by atoms with Gasteiger partial charge in [-0.1, -0.05) is 48.0 Å². The average molecular weight is 704 g/mol. The van der Waals surface area contributed by atoms with Gasteiger partial charge in [0.25, 0.3) is 10.2 Å². The molecule has 16 heteroatoms. The number of aliphatic imine (C=N–C) groups is 1. The molecule has 0 bridgehead atoms. The van der Waals surface area contributed by atoms with E-state index in [1.807, 2.05) is 35.2 Å². The number of piperidine rings is 1. The van der Waals surface area contributed by atoms with E-state index in [0.717, 1.165) is 17.8 Å². The van der Waals surface area contributed by atoms with Gasteiger partial charge in [-0.3, -0.25) is 4.99 Å². The molecular formula is C31H29ClF3N7O3S2. The highest BCUT2D eigenvalue weighted by Crippen LogP contribution is 2.46. The Bertz CT molecular complexity index is 1950. The Hall–Kier alpha value is -3.60. The molecule has 0 radical (unpaired) electrons. The van der Waals surface area contributed by atoms with Gasteiger partial charge in [0, 0.05) is 71.7 Å². The average Bonchev–Trinajstić information content (AvgIpc) is 3.83. The molecule has 2 aromatic heterocycles. The van der Waals surface area contributed by atoms with Crippen molar-refractivity contribution >= 4 is 44.6 Å². The van der Waals surface area contributed by atoms with Gasteiger partial charge in [0.05, 0.1) is 11.3 Å². The molecule has 3 aliphatic heterocycles. The molecule has 2 atom stereocenters. The minimum absolute atomic E-state index is 0.0906. The Kier molecular flexibility index (Phi) is 8.47. The molecule has 246 valence electrons. The minimum Gasteiger partial charge on any atom is -0.385 e. The zero-order chi connectivity index (χ0) is 32.9. The molecule has 2 N–H and O–H groups in total. The number of amidine groups is 1. The smallest absolute Gasteiger partial charge is 0.333 e. The summed E-state index contributed by atoms with van der Waals surface area (Å²) in [6.07, 6.45) is 3.42. The highest BCUT2D eigenvalue weighted by atomic mass is 35.5. The van der Waals surface area contributed by atoms with E-state index >= 15 is 0 Å². The maximum atomic E-state index is 14.1. The second kappa shape index (κ2) is 12.5. The third-order valence-electron chi connectivity index (χ3n) is 8.74. The number of nitrogens with zero attached hydrogens (tertiary/aromatic N) is 6. The van der Waals surface area contributed by atoms with E-state index in [0.29, 0.717) is 32.4 Å². The molecule has 10 nitrogen and oxygen atoms in total. The van der Waals surface area contributed by atoms with Crippen molar-refractivity contribution in [1.29, 1.82) is 0 Å². The second-order valence-corrected chi connectivity index (χ2v) is 14.6. The van der Waals surface area contributed by atoms with E-state index in [2.05, 4.69) is 14.8 Å². The van der Waals surface area contributed by atoms with Crippen LogP contribution in [0.5, 0.6) is 0 Å². The summed E-state index contributed by atoms with van der Waals surface area (Å²) in [4.78, 5) is 11.3. The summed E-state index contributed by atoms with van der Waals surface area (Å²) >= 11 is 7.86. The third-order valence-corrected chi connectivity index (χ3v) is 11.5. The fourth-order valence-corrected chi connectivity index (χ4v) is 8.75. The molecule has 0 amide bonds. The van der Waals surface area contributed by atoms with Crippen molar-refractivity contribution in [3.8, 4) is 0 Å². The number of alkyl halides is 2. The van der Waals surface area contributed by atoms with Crippen LogP contribution >= 0.6 is 22.9 Å². The molecule has 2 saturated heterocycles.